The van der Waals surface area contributed by atoms with Crippen molar-refractivity contribution in [2.45, 2.75) is 0 Å². The van der Waals surface area contributed by atoms with Gasteiger partial charge in [0.25, 0.3) is 0 Å². The summed E-state index contributed by atoms with van der Waals surface area (Å²) in [5, 5.41) is 9.32. The summed E-state index contributed by atoms with van der Waals surface area (Å²) in [6, 6.07) is 21.7. The molecule has 2 aromatic heterocycles. The molecule has 0 spiro atoms. The molecule has 0 radical (unpaired) electrons. The largest absolute Gasteiger partial charge is 0.291 e. The van der Waals surface area contributed by atoms with Gasteiger partial charge in [-0.3, -0.25) is 5.43 Å². The second-order valence-electron chi connectivity index (χ2n) is 5.31. The van der Waals surface area contributed by atoms with Crippen molar-refractivity contribution in [1.29, 1.82) is 5.26 Å². The molecule has 0 fully saturated rings. The summed E-state index contributed by atoms with van der Waals surface area (Å²) in [7, 11) is 0. The van der Waals surface area contributed by atoms with Crippen LogP contribution in [0.15, 0.2) is 73.2 Å². The van der Waals surface area contributed by atoms with Gasteiger partial charge in [0.1, 0.15) is 18.1 Å². The zero-order chi connectivity index (χ0) is 16.4. The van der Waals surface area contributed by atoms with E-state index < -0.39 is 0 Å². The van der Waals surface area contributed by atoms with Crippen LogP contribution in [0.3, 0.4) is 0 Å². The van der Waals surface area contributed by atoms with Gasteiger partial charge in [0.15, 0.2) is 0 Å². The van der Waals surface area contributed by atoms with Crippen molar-refractivity contribution < 1.29 is 0 Å². The number of imidazole rings is 1. The van der Waals surface area contributed by atoms with Crippen LogP contribution in [0.4, 0.5) is 5.69 Å². The number of anilines is 1. The zero-order valence-electron chi connectivity index (χ0n) is 12.7. The molecule has 0 bridgehead atoms. The van der Waals surface area contributed by atoms with Gasteiger partial charge in [-0.1, -0.05) is 42.5 Å². The van der Waals surface area contributed by atoms with Gasteiger partial charge >= 0.3 is 0 Å². The number of rotatable bonds is 3. The van der Waals surface area contributed by atoms with Crippen LogP contribution in [0.25, 0.3) is 22.2 Å². The predicted molar refractivity (Wildman–Crippen MR) is 93.1 cm³/mol. The molecule has 5 heteroatoms. The van der Waals surface area contributed by atoms with Crippen LogP contribution in [0.2, 0.25) is 0 Å². The smallest absolute Gasteiger partial charge is 0.148 e. The molecule has 0 aliphatic carbocycles. The summed E-state index contributed by atoms with van der Waals surface area (Å²) >= 11 is 0. The number of hydrogen-bond acceptors (Lipinski definition) is 4. The molecular formula is C19H13N5. The molecule has 2 aromatic carbocycles. The maximum atomic E-state index is 9.32. The first-order valence-corrected chi connectivity index (χ1v) is 7.50. The van der Waals surface area contributed by atoms with Crippen molar-refractivity contribution in [1.82, 2.24) is 14.6 Å². The van der Waals surface area contributed by atoms with Gasteiger partial charge in [0, 0.05) is 5.56 Å². The third-order valence-electron chi connectivity index (χ3n) is 3.78. The summed E-state index contributed by atoms with van der Waals surface area (Å²) in [5.41, 5.74) is 8.11. The quantitative estimate of drug-likeness (QED) is 0.624. The summed E-state index contributed by atoms with van der Waals surface area (Å²) in [5.74, 6) is 0. The lowest BCUT2D eigenvalue weighted by molar-refractivity contribution is 0.984. The summed E-state index contributed by atoms with van der Waals surface area (Å²) in [4.78, 5) is 8.63. The van der Waals surface area contributed by atoms with Crippen molar-refractivity contribution in [3.63, 3.8) is 0 Å². The lowest BCUT2D eigenvalue weighted by Gasteiger charge is -2.11. The number of nitrogens with one attached hydrogen (secondary N) is 1. The molecule has 0 saturated heterocycles. The molecule has 0 unspecified atom stereocenters. The Bertz CT molecular complexity index is 1040. The van der Waals surface area contributed by atoms with Crippen LogP contribution in [-0.4, -0.2) is 14.6 Å². The van der Waals surface area contributed by atoms with E-state index in [1.165, 1.54) is 0 Å². The Labute approximate surface area is 138 Å². The van der Waals surface area contributed by atoms with Crippen molar-refractivity contribution in [2.24, 2.45) is 0 Å². The van der Waals surface area contributed by atoms with E-state index in [0.717, 1.165) is 27.8 Å². The fourth-order valence-corrected chi connectivity index (χ4v) is 2.64. The third-order valence-corrected chi connectivity index (χ3v) is 3.78. The van der Waals surface area contributed by atoms with E-state index in [1.807, 2.05) is 65.3 Å². The fraction of sp³-hybridized carbons (Fsp3) is 0. The van der Waals surface area contributed by atoms with Gasteiger partial charge in [-0.05, 0) is 23.8 Å². The highest BCUT2D eigenvalue weighted by molar-refractivity contribution is 5.76. The molecule has 24 heavy (non-hydrogen) atoms. The van der Waals surface area contributed by atoms with Crippen LogP contribution < -0.4 is 5.43 Å². The first-order valence-electron chi connectivity index (χ1n) is 7.50. The van der Waals surface area contributed by atoms with Crippen molar-refractivity contribution in [2.75, 3.05) is 5.43 Å². The number of benzene rings is 2. The molecule has 0 aliphatic heterocycles. The monoisotopic (exact) mass is 311 g/mol. The first kappa shape index (κ1) is 14.0. The van der Waals surface area contributed by atoms with Crippen LogP contribution in [-0.2, 0) is 0 Å². The van der Waals surface area contributed by atoms with Gasteiger partial charge in [0.2, 0.25) is 0 Å². The number of pyridine rings is 1. The van der Waals surface area contributed by atoms with Crippen LogP contribution in [0, 0.1) is 11.3 Å². The molecule has 0 aliphatic rings. The number of nitrogens with zero attached hydrogens (tertiary/aromatic N) is 4. The van der Waals surface area contributed by atoms with Crippen molar-refractivity contribution in [3.8, 4) is 17.2 Å². The minimum Gasteiger partial charge on any atom is -0.291 e. The van der Waals surface area contributed by atoms with E-state index in [2.05, 4.69) is 21.5 Å². The third kappa shape index (κ3) is 2.46. The lowest BCUT2D eigenvalue weighted by atomic mass is 10.0. The Balaban J connectivity index is 1.76. The van der Waals surface area contributed by atoms with Crippen LogP contribution >= 0.6 is 0 Å². The molecule has 4 aromatic rings. The van der Waals surface area contributed by atoms with E-state index in [1.54, 1.807) is 12.5 Å². The molecule has 114 valence electrons. The SMILES string of the molecule is N#Cc1ncc(Nn2cnc3ccccc32)cc1-c1ccccc1. The second-order valence-corrected chi connectivity index (χ2v) is 5.31. The number of hydrogen-bond donors (Lipinski definition) is 1. The summed E-state index contributed by atoms with van der Waals surface area (Å²) < 4.78 is 1.84. The first-order chi connectivity index (χ1) is 11.8. The van der Waals surface area contributed by atoms with Gasteiger partial charge in [-0.2, -0.15) is 5.26 Å². The Kier molecular flexibility index (Phi) is 3.41. The topological polar surface area (TPSA) is 66.5 Å². The maximum absolute atomic E-state index is 9.32. The lowest BCUT2D eigenvalue weighted by Crippen LogP contribution is -2.08. The number of nitriles is 1. The molecular weight excluding hydrogens is 298 g/mol. The summed E-state index contributed by atoms with van der Waals surface area (Å²) in [6.45, 7) is 0. The predicted octanol–water partition coefficient (Wildman–Crippen LogP) is 3.85. The minimum atomic E-state index is 0.405. The molecule has 1 N–H and O–H groups in total. The zero-order valence-corrected chi connectivity index (χ0v) is 12.7. The van der Waals surface area contributed by atoms with Crippen LogP contribution in [0.5, 0.6) is 0 Å². The van der Waals surface area contributed by atoms with E-state index in [9.17, 15) is 5.26 Å². The highest BCUT2D eigenvalue weighted by Crippen LogP contribution is 2.25. The highest BCUT2D eigenvalue weighted by atomic mass is 15.4. The average molecular weight is 311 g/mol. The van der Waals surface area contributed by atoms with E-state index in [4.69, 9.17) is 0 Å². The Morgan fingerprint density at radius 1 is 0.958 bits per heavy atom. The number of para-hydroxylation sites is 2. The molecule has 5 nitrogen and oxygen atoms in total. The second kappa shape index (κ2) is 5.86. The molecule has 4 rings (SSSR count). The Morgan fingerprint density at radius 3 is 2.58 bits per heavy atom. The van der Waals surface area contributed by atoms with Crippen molar-refractivity contribution >= 4 is 16.7 Å². The molecule has 2 heterocycles. The van der Waals surface area contributed by atoms with E-state index in [0.29, 0.717) is 5.69 Å². The van der Waals surface area contributed by atoms with Gasteiger partial charge in [-0.25, -0.2) is 14.6 Å². The Hall–Kier alpha value is -3.65. The maximum Gasteiger partial charge on any atom is 0.148 e. The van der Waals surface area contributed by atoms with E-state index >= 15 is 0 Å². The normalized spacial score (nSPS) is 10.5. The summed E-state index contributed by atoms with van der Waals surface area (Å²) in [6.07, 6.45) is 3.38. The standard InChI is InChI=1S/C19H13N5/c20-11-18-16(14-6-2-1-3-7-14)10-15(12-21-18)23-24-13-22-17-8-4-5-9-19(17)24/h1-10,12-13,23H. The number of aromatic nitrogens is 3. The molecule has 0 saturated carbocycles. The van der Waals surface area contributed by atoms with Crippen LogP contribution in [0.1, 0.15) is 5.69 Å². The molecule has 0 amide bonds. The fourth-order valence-electron chi connectivity index (χ4n) is 2.64. The number of fused-ring (bicyclic) bond motifs is 1. The Morgan fingerprint density at radius 2 is 1.75 bits per heavy atom. The van der Waals surface area contributed by atoms with Gasteiger partial charge in [0.05, 0.1) is 22.9 Å². The van der Waals surface area contributed by atoms with Crippen molar-refractivity contribution in [3.05, 3.63) is 78.9 Å². The van der Waals surface area contributed by atoms with Gasteiger partial charge < -0.3 is 0 Å². The van der Waals surface area contributed by atoms with Gasteiger partial charge in [-0.15, -0.1) is 0 Å². The molecule has 0 atom stereocenters. The van der Waals surface area contributed by atoms with E-state index in [-0.39, 0.29) is 0 Å². The average Bonchev–Trinajstić information content (AvgIpc) is 3.05. The highest BCUT2D eigenvalue weighted by Gasteiger charge is 2.09. The minimum absolute atomic E-state index is 0.405.